The number of fused-ring (bicyclic) bond motifs is 6. The van der Waals surface area contributed by atoms with Gasteiger partial charge in [-0.3, -0.25) is 0 Å². The summed E-state index contributed by atoms with van der Waals surface area (Å²) in [6, 6.07) is 37.8. The van der Waals surface area contributed by atoms with E-state index in [1.54, 1.807) is 27.7 Å². The Morgan fingerprint density at radius 3 is 1.06 bits per heavy atom. The number of hydrogen-bond donors (Lipinski definition) is 0. The summed E-state index contributed by atoms with van der Waals surface area (Å²) in [6.45, 7) is 24.1. The first-order valence-electron chi connectivity index (χ1n) is 22.2. The summed E-state index contributed by atoms with van der Waals surface area (Å²) < 4.78 is 23.1. The molecule has 338 valence electrons. The van der Waals surface area contributed by atoms with E-state index in [4.69, 9.17) is 18.9 Å². The summed E-state index contributed by atoms with van der Waals surface area (Å²) in [6.07, 6.45) is 1.67. The van der Waals surface area contributed by atoms with E-state index in [-0.39, 0.29) is 26.4 Å². The molecule has 66 heavy (non-hydrogen) atoms. The molecule has 9 nitrogen and oxygen atoms in total. The molecule has 0 heterocycles. The van der Waals surface area contributed by atoms with Gasteiger partial charge in [-0.1, -0.05) is 105 Å². The van der Waals surface area contributed by atoms with Crippen LogP contribution in [-0.4, -0.2) is 50.3 Å². The Bertz CT molecular complexity index is 2550. The lowest BCUT2D eigenvalue weighted by Gasteiger charge is -2.34. The van der Waals surface area contributed by atoms with Crippen LogP contribution >= 0.6 is 0 Å². The van der Waals surface area contributed by atoms with Gasteiger partial charge in [0.15, 0.2) is 0 Å². The first-order valence-corrected chi connectivity index (χ1v) is 22.2. The molecule has 0 aliphatic heterocycles. The minimum absolute atomic E-state index is 0.108. The zero-order valence-corrected chi connectivity index (χ0v) is 38.6. The second-order valence-corrected chi connectivity index (χ2v) is 17.6. The molecule has 9 heteroatoms. The van der Waals surface area contributed by atoms with Gasteiger partial charge in [0.1, 0.15) is 0 Å². The second-order valence-electron chi connectivity index (χ2n) is 17.6. The van der Waals surface area contributed by atoms with Crippen molar-refractivity contribution < 1.29 is 38.1 Å². The molecular formula is C57H57NO8. The number of nitrogens with zero attached hydrogens (tertiary/aromatic N) is 1. The van der Waals surface area contributed by atoms with Crippen molar-refractivity contribution in [1.29, 1.82) is 0 Å². The fourth-order valence-corrected chi connectivity index (χ4v) is 9.40. The van der Waals surface area contributed by atoms with Gasteiger partial charge in [-0.25, -0.2) is 19.2 Å². The highest BCUT2D eigenvalue weighted by Crippen LogP contribution is 2.56. The average Bonchev–Trinajstić information content (AvgIpc) is 3.72. The monoisotopic (exact) mass is 883 g/mol. The third-order valence-electron chi connectivity index (χ3n) is 12.8. The molecule has 5 aromatic rings. The minimum Gasteiger partial charge on any atom is -0.462 e. The molecule has 0 unspecified atom stereocenters. The highest BCUT2D eigenvalue weighted by molar-refractivity contribution is 5.91. The van der Waals surface area contributed by atoms with E-state index >= 15 is 0 Å². The van der Waals surface area contributed by atoms with Crippen molar-refractivity contribution in [3.8, 4) is 22.3 Å². The summed E-state index contributed by atoms with van der Waals surface area (Å²) in [5.41, 5.74) is 11.9. The predicted molar refractivity (Wildman–Crippen MR) is 260 cm³/mol. The Morgan fingerprint density at radius 2 is 0.727 bits per heavy atom. The lowest BCUT2D eigenvalue weighted by molar-refractivity contribution is -0.141. The van der Waals surface area contributed by atoms with Crippen LogP contribution in [0.25, 0.3) is 22.3 Å². The van der Waals surface area contributed by atoms with Crippen LogP contribution in [0.2, 0.25) is 0 Å². The van der Waals surface area contributed by atoms with E-state index in [0.717, 1.165) is 67.1 Å². The average molecular weight is 884 g/mol. The molecule has 5 aromatic carbocycles. The Labute approximate surface area is 388 Å². The molecule has 0 saturated heterocycles. The van der Waals surface area contributed by atoms with Crippen LogP contribution in [0, 0.1) is 6.92 Å². The number of ether oxygens (including phenoxy) is 4. The van der Waals surface area contributed by atoms with Crippen LogP contribution in [0.1, 0.15) is 81.2 Å². The van der Waals surface area contributed by atoms with Crippen LogP contribution in [0.5, 0.6) is 0 Å². The van der Waals surface area contributed by atoms with Crippen LogP contribution in [0.3, 0.4) is 0 Å². The molecule has 0 amide bonds. The summed E-state index contributed by atoms with van der Waals surface area (Å²) in [7, 11) is 0. The highest BCUT2D eigenvalue weighted by Gasteiger charge is 2.45. The minimum atomic E-state index is -0.719. The van der Waals surface area contributed by atoms with E-state index in [9.17, 15) is 19.2 Å². The summed E-state index contributed by atoms with van der Waals surface area (Å²) in [5.74, 6) is -1.88. The predicted octanol–water partition coefficient (Wildman–Crippen LogP) is 12.0. The van der Waals surface area contributed by atoms with Crippen LogP contribution in [0.15, 0.2) is 158 Å². The molecule has 0 aromatic heterocycles. The molecule has 0 N–H and O–H groups in total. The number of aryl methyl sites for hydroxylation is 1. The quantitative estimate of drug-likeness (QED) is 0.0455. The van der Waals surface area contributed by atoms with Gasteiger partial charge in [-0.05, 0) is 141 Å². The zero-order chi connectivity index (χ0) is 47.3. The third-order valence-corrected chi connectivity index (χ3v) is 12.8. The smallest absolute Gasteiger partial charge is 0.333 e. The van der Waals surface area contributed by atoms with Crippen molar-refractivity contribution in [2.24, 2.45) is 0 Å². The zero-order valence-electron chi connectivity index (χ0n) is 38.6. The van der Waals surface area contributed by atoms with Crippen LogP contribution < -0.4 is 4.90 Å². The number of carbonyl (C=O) groups is 4. The second kappa shape index (κ2) is 19.5. The van der Waals surface area contributed by atoms with E-state index in [1.165, 1.54) is 0 Å². The summed E-state index contributed by atoms with van der Waals surface area (Å²) in [5, 5.41) is 0. The van der Waals surface area contributed by atoms with Crippen molar-refractivity contribution in [3.05, 3.63) is 186 Å². The van der Waals surface area contributed by atoms with Gasteiger partial charge in [0.05, 0.1) is 26.4 Å². The highest BCUT2D eigenvalue weighted by atomic mass is 16.5. The van der Waals surface area contributed by atoms with Crippen molar-refractivity contribution in [3.63, 3.8) is 0 Å². The van der Waals surface area contributed by atoms with Crippen LogP contribution in [-0.2, 0) is 49.0 Å². The van der Waals surface area contributed by atoms with Gasteiger partial charge in [0.25, 0.3) is 0 Å². The maximum atomic E-state index is 12.7. The maximum absolute atomic E-state index is 12.7. The summed E-state index contributed by atoms with van der Waals surface area (Å²) in [4.78, 5) is 53.2. The molecule has 0 radical (unpaired) electrons. The van der Waals surface area contributed by atoms with Gasteiger partial charge in [0, 0.05) is 50.2 Å². The number of carbonyl (C=O) groups excluding carboxylic acids is 4. The molecule has 7 rings (SSSR count). The standard InChI is InChI=1S/C57H57NO8/c1-36(2)52(59)63-30-26-56(27-31-64-53(60)37(3)4)48-16-12-10-14-44(48)46-24-22-42(34-50(46)56)58(41-20-18-40(9)19-21-41)43-23-25-47-45-15-11-13-17-49(45)57(51(47)35-43,28-32-65-54(61)38(5)6)29-33-66-55(62)39(7)8/h10-25,34-35H,1,3,5,7,26-33H2,2,4,6,8-9H3. The molecule has 0 fully saturated rings. The van der Waals surface area contributed by atoms with Crippen LogP contribution in [0.4, 0.5) is 17.1 Å². The molecule has 0 bridgehead atoms. The number of anilines is 3. The molecule has 2 aliphatic rings. The van der Waals surface area contributed by atoms with Gasteiger partial charge < -0.3 is 23.8 Å². The molecule has 0 atom stereocenters. The number of benzene rings is 5. The van der Waals surface area contributed by atoms with Gasteiger partial charge >= 0.3 is 23.9 Å². The van der Waals surface area contributed by atoms with Crippen molar-refractivity contribution in [1.82, 2.24) is 0 Å². The number of rotatable bonds is 19. The van der Waals surface area contributed by atoms with Gasteiger partial charge in [0.2, 0.25) is 0 Å². The summed E-state index contributed by atoms with van der Waals surface area (Å²) >= 11 is 0. The maximum Gasteiger partial charge on any atom is 0.333 e. The Balaban J connectivity index is 1.40. The Kier molecular flexibility index (Phi) is 13.8. The van der Waals surface area contributed by atoms with E-state index in [2.05, 4.69) is 123 Å². The third kappa shape index (κ3) is 9.16. The molecule has 0 spiro atoms. The lowest BCUT2D eigenvalue weighted by Crippen LogP contribution is -2.30. The lowest BCUT2D eigenvalue weighted by atomic mass is 9.73. The van der Waals surface area contributed by atoms with Gasteiger partial charge in [-0.2, -0.15) is 0 Å². The van der Waals surface area contributed by atoms with Gasteiger partial charge in [-0.15, -0.1) is 0 Å². The fraction of sp³-hybridized carbons (Fsp3) is 0.263. The largest absolute Gasteiger partial charge is 0.462 e. The van der Waals surface area contributed by atoms with E-state index < -0.39 is 34.7 Å². The van der Waals surface area contributed by atoms with Crippen molar-refractivity contribution in [2.45, 2.75) is 71.1 Å². The van der Waals surface area contributed by atoms with Crippen molar-refractivity contribution >= 4 is 40.9 Å². The number of esters is 4. The number of hydrogen-bond acceptors (Lipinski definition) is 9. The van der Waals surface area contributed by atoms with Crippen molar-refractivity contribution in [2.75, 3.05) is 31.3 Å². The fourth-order valence-electron chi connectivity index (χ4n) is 9.40. The Hall–Kier alpha value is -7.26. The Morgan fingerprint density at radius 1 is 0.424 bits per heavy atom. The SMILES string of the molecule is C=C(C)C(=O)OCCC1(CCOC(=O)C(=C)C)c2ccccc2-c2ccc(N(c3ccc(C)cc3)c3ccc4c(c3)C(CCOC(=O)C(=C)C)(CCOC(=O)C(=C)C)c3ccccc3-4)cc21. The topological polar surface area (TPSA) is 108 Å². The van der Waals surface area contributed by atoms with E-state index in [1.807, 2.05) is 24.3 Å². The molecular weight excluding hydrogens is 827 g/mol. The molecule has 0 saturated carbocycles. The normalized spacial score (nSPS) is 13.2. The molecule has 2 aliphatic carbocycles. The first kappa shape index (κ1) is 46.7. The first-order chi connectivity index (χ1) is 31.6. The van der Waals surface area contributed by atoms with E-state index in [0.29, 0.717) is 48.0 Å².